The molecule has 1 unspecified atom stereocenters. The Hall–Kier alpha value is -2.86. The number of fused-ring (bicyclic) bond motifs is 1. The van der Waals surface area contributed by atoms with E-state index >= 15 is 0 Å². The van der Waals surface area contributed by atoms with Crippen LogP contribution in [-0.4, -0.2) is 46.9 Å². The lowest BCUT2D eigenvalue weighted by Crippen LogP contribution is -2.55. The molecule has 0 saturated carbocycles. The zero-order chi connectivity index (χ0) is 20.6. The molecule has 1 spiro atoms. The Morgan fingerprint density at radius 3 is 2.27 bits per heavy atom. The third-order valence-corrected chi connectivity index (χ3v) is 6.71. The van der Waals surface area contributed by atoms with Crippen LogP contribution in [0.15, 0.2) is 48.5 Å². The average molecular weight is 405 g/mol. The summed E-state index contributed by atoms with van der Waals surface area (Å²) in [5, 5.41) is 6.58. The van der Waals surface area contributed by atoms with Gasteiger partial charge in [-0.2, -0.15) is 0 Å². The number of amides is 3. The molecule has 3 aliphatic rings. The number of carbonyl (C=O) groups is 2. The molecule has 3 heterocycles. The predicted molar refractivity (Wildman–Crippen MR) is 116 cm³/mol. The molecule has 0 aromatic heterocycles. The molecule has 6 heteroatoms. The van der Waals surface area contributed by atoms with Gasteiger partial charge < -0.3 is 20.4 Å². The van der Waals surface area contributed by atoms with E-state index in [0.29, 0.717) is 24.3 Å². The Morgan fingerprint density at radius 1 is 0.900 bits per heavy atom. The van der Waals surface area contributed by atoms with Crippen LogP contribution in [-0.2, 0) is 13.1 Å². The first-order chi connectivity index (χ1) is 14.6. The average Bonchev–Trinajstić information content (AvgIpc) is 3.41. The first kappa shape index (κ1) is 19.1. The predicted octanol–water partition coefficient (Wildman–Crippen LogP) is 3.59. The van der Waals surface area contributed by atoms with Crippen LogP contribution in [0, 0.1) is 0 Å². The van der Waals surface area contributed by atoms with E-state index in [1.54, 1.807) is 4.90 Å². The summed E-state index contributed by atoms with van der Waals surface area (Å²) < 4.78 is 0. The smallest absolute Gasteiger partial charge is 0.322 e. The van der Waals surface area contributed by atoms with E-state index in [9.17, 15) is 9.59 Å². The van der Waals surface area contributed by atoms with Crippen molar-refractivity contribution in [3.8, 4) is 0 Å². The van der Waals surface area contributed by atoms with E-state index in [0.717, 1.165) is 38.9 Å². The van der Waals surface area contributed by atoms with E-state index in [1.807, 2.05) is 41.3 Å². The molecule has 0 radical (unpaired) electrons. The van der Waals surface area contributed by atoms with Crippen LogP contribution in [0.4, 0.5) is 10.5 Å². The molecule has 1 atom stereocenters. The quantitative estimate of drug-likeness (QED) is 0.804. The summed E-state index contributed by atoms with van der Waals surface area (Å²) in [6, 6.07) is 15.3. The number of hydrogen-bond donors (Lipinski definition) is 2. The van der Waals surface area contributed by atoms with Crippen molar-refractivity contribution in [1.29, 1.82) is 0 Å². The summed E-state index contributed by atoms with van der Waals surface area (Å²) in [7, 11) is 0. The minimum Gasteiger partial charge on any atom is -0.337 e. The Morgan fingerprint density at radius 2 is 1.60 bits per heavy atom. The summed E-state index contributed by atoms with van der Waals surface area (Å²) in [6.45, 7) is 3.92. The topological polar surface area (TPSA) is 64.7 Å². The van der Waals surface area contributed by atoms with Crippen LogP contribution in [0.2, 0.25) is 0 Å². The Balaban J connectivity index is 1.20. The van der Waals surface area contributed by atoms with Gasteiger partial charge in [0.2, 0.25) is 0 Å². The van der Waals surface area contributed by atoms with Crippen LogP contribution in [0.25, 0.3) is 0 Å². The normalized spacial score (nSPS) is 22.9. The minimum absolute atomic E-state index is 0.0793. The Labute approximate surface area is 177 Å². The maximum Gasteiger partial charge on any atom is 0.322 e. The van der Waals surface area contributed by atoms with Crippen molar-refractivity contribution in [3.63, 3.8) is 0 Å². The van der Waals surface area contributed by atoms with Gasteiger partial charge in [-0.1, -0.05) is 24.3 Å². The molecule has 3 amide bonds. The van der Waals surface area contributed by atoms with Gasteiger partial charge >= 0.3 is 6.03 Å². The molecule has 5 rings (SSSR count). The molecule has 0 aliphatic carbocycles. The van der Waals surface area contributed by atoms with Crippen molar-refractivity contribution in [2.75, 3.05) is 25.0 Å². The summed E-state index contributed by atoms with van der Waals surface area (Å²) in [5.41, 5.74) is 3.90. The van der Waals surface area contributed by atoms with Gasteiger partial charge in [0, 0.05) is 43.0 Å². The molecular weight excluding hydrogens is 376 g/mol. The van der Waals surface area contributed by atoms with Crippen molar-refractivity contribution in [1.82, 2.24) is 15.1 Å². The SMILES string of the molecule is O=C(Nc1ccc(C(=O)N2CCCC3(CCCN3)C2)cc1)N1Cc2ccccc2C1. The van der Waals surface area contributed by atoms with Gasteiger partial charge in [0.15, 0.2) is 0 Å². The van der Waals surface area contributed by atoms with Gasteiger partial charge in [0.05, 0.1) is 0 Å². The lowest BCUT2D eigenvalue weighted by Gasteiger charge is -2.40. The first-order valence-corrected chi connectivity index (χ1v) is 10.9. The maximum atomic E-state index is 13.0. The monoisotopic (exact) mass is 404 g/mol. The fraction of sp³-hybridized carbons (Fsp3) is 0.417. The van der Waals surface area contributed by atoms with E-state index in [4.69, 9.17) is 0 Å². The molecule has 0 bridgehead atoms. The number of likely N-dealkylation sites (tertiary alicyclic amines) is 1. The molecule has 156 valence electrons. The lowest BCUT2D eigenvalue weighted by molar-refractivity contribution is 0.0622. The second-order valence-corrected chi connectivity index (χ2v) is 8.77. The molecule has 30 heavy (non-hydrogen) atoms. The van der Waals surface area contributed by atoms with Crippen molar-refractivity contribution >= 4 is 17.6 Å². The molecule has 2 fully saturated rings. The summed E-state index contributed by atoms with van der Waals surface area (Å²) in [6.07, 6.45) is 4.55. The fourth-order valence-electron chi connectivity index (χ4n) is 5.08. The summed E-state index contributed by atoms with van der Waals surface area (Å²) in [4.78, 5) is 29.4. The lowest BCUT2D eigenvalue weighted by atomic mass is 9.87. The largest absolute Gasteiger partial charge is 0.337 e. The zero-order valence-electron chi connectivity index (χ0n) is 17.2. The third kappa shape index (κ3) is 3.67. The van der Waals surface area contributed by atoms with Gasteiger partial charge in [0.1, 0.15) is 0 Å². The Bertz CT molecular complexity index is 925. The number of hydrogen-bond acceptors (Lipinski definition) is 3. The van der Waals surface area contributed by atoms with Crippen LogP contribution in [0.1, 0.15) is 47.2 Å². The molecule has 6 nitrogen and oxygen atoms in total. The number of anilines is 1. The molecule has 2 aromatic rings. The van der Waals surface area contributed by atoms with Gasteiger partial charge in [-0.05, 0) is 67.6 Å². The van der Waals surface area contributed by atoms with Crippen molar-refractivity contribution in [2.45, 2.75) is 44.3 Å². The van der Waals surface area contributed by atoms with Crippen molar-refractivity contribution in [3.05, 3.63) is 65.2 Å². The summed E-state index contributed by atoms with van der Waals surface area (Å²) >= 11 is 0. The highest BCUT2D eigenvalue weighted by Crippen LogP contribution is 2.30. The van der Waals surface area contributed by atoms with Gasteiger partial charge in [0.25, 0.3) is 5.91 Å². The third-order valence-electron chi connectivity index (χ3n) is 6.71. The molecule has 2 saturated heterocycles. The van der Waals surface area contributed by atoms with Crippen LogP contribution < -0.4 is 10.6 Å². The zero-order valence-corrected chi connectivity index (χ0v) is 17.2. The number of nitrogens with one attached hydrogen (secondary N) is 2. The number of piperidine rings is 1. The second kappa shape index (κ2) is 7.76. The number of urea groups is 1. The fourth-order valence-corrected chi connectivity index (χ4v) is 5.08. The molecule has 3 aliphatic heterocycles. The minimum atomic E-state index is -0.115. The van der Waals surface area contributed by atoms with E-state index in [1.165, 1.54) is 17.5 Å². The van der Waals surface area contributed by atoms with E-state index in [2.05, 4.69) is 22.8 Å². The van der Waals surface area contributed by atoms with Gasteiger partial charge in [-0.3, -0.25) is 4.79 Å². The first-order valence-electron chi connectivity index (χ1n) is 10.9. The number of carbonyl (C=O) groups excluding carboxylic acids is 2. The van der Waals surface area contributed by atoms with Crippen LogP contribution >= 0.6 is 0 Å². The summed E-state index contributed by atoms with van der Waals surface area (Å²) in [5.74, 6) is 0.0793. The highest BCUT2D eigenvalue weighted by molar-refractivity contribution is 5.95. The maximum absolute atomic E-state index is 13.0. The molecule has 2 aromatic carbocycles. The van der Waals surface area contributed by atoms with E-state index in [-0.39, 0.29) is 17.5 Å². The Kier molecular flexibility index (Phi) is 4.95. The second-order valence-electron chi connectivity index (χ2n) is 8.77. The standard InChI is InChI=1S/C24H28N4O2/c29-22(27-14-4-12-24(17-27)11-3-13-25-24)18-7-9-21(10-8-18)26-23(30)28-15-19-5-1-2-6-20(19)16-28/h1-2,5-10,25H,3-4,11-17H2,(H,26,30). The van der Waals surface area contributed by atoms with E-state index < -0.39 is 0 Å². The van der Waals surface area contributed by atoms with Crippen LogP contribution in [0.3, 0.4) is 0 Å². The highest BCUT2D eigenvalue weighted by atomic mass is 16.2. The number of rotatable bonds is 2. The highest BCUT2D eigenvalue weighted by Gasteiger charge is 2.39. The van der Waals surface area contributed by atoms with Crippen molar-refractivity contribution in [2.24, 2.45) is 0 Å². The van der Waals surface area contributed by atoms with Gasteiger partial charge in [-0.25, -0.2) is 4.79 Å². The molecular formula is C24H28N4O2. The molecule has 2 N–H and O–H groups in total. The number of benzene rings is 2. The van der Waals surface area contributed by atoms with Gasteiger partial charge in [-0.15, -0.1) is 0 Å². The number of nitrogens with zero attached hydrogens (tertiary/aromatic N) is 2. The van der Waals surface area contributed by atoms with Crippen molar-refractivity contribution < 1.29 is 9.59 Å². The van der Waals surface area contributed by atoms with Crippen LogP contribution in [0.5, 0.6) is 0 Å².